The van der Waals surface area contributed by atoms with Crippen LogP contribution in [0.1, 0.15) is 37.0 Å². The Morgan fingerprint density at radius 2 is 2.19 bits per heavy atom. The van der Waals surface area contributed by atoms with Gasteiger partial charge in [-0.25, -0.2) is 0 Å². The highest BCUT2D eigenvalue weighted by atomic mass is 16.3. The molecule has 0 amide bonds. The molecule has 2 atom stereocenters. The molecule has 0 spiro atoms. The lowest BCUT2D eigenvalue weighted by molar-refractivity contribution is 0.169. The van der Waals surface area contributed by atoms with Crippen LogP contribution in [0.5, 0.6) is 0 Å². The summed E-state index contributed by atoms with van der Waals surface area (Å²) in [7, 11) is 0. The summed E-state index contributed by atoms with van der Waals surface area (Å²) in [5.74, 6) is 0.838. The van der Waals surface area contributed by atoms with Crippen molar-refractivity contribution in [2.45, 2.75) is 38.8 Å². The molecule has 1 aromatic carbocycles. The fraction of sp³-hybridized carbons (Fsp3) is 0.571. The zero-order chi connectivity index (χ0) is 11.5. The first-order valence-corrected chi connectivity index (χ1v) is 6.15. The van der Waals surface area contributed by atoms with Gasteiger partial charge in [0.05, 0.1) is 6.10 Å². The molecular weight excluding hydrogens is 198 g/mol. The Labute approximate surface area is 97.7 Å². The quantitative estimate of drug-likeness (QED) is 0.797. The maximum absolute atomic E-state index is 10.0. The summed E-state index contributed by atoms with van der Waals surface area (Å²) >= 11 is 0. The molecule has 1 saturated carbocycles. The number of benzene rings is 1. The molecule has 1 aromatic rings. The number of nitrogens with one attached hydrogen (secondary N) is 1. The van der Waals surface area contributed by atoms with Gasteiger partial charge in [0.25, 0.3) is 0 Å². The van der Waals surface area contributed by atoms with Crippen LogP contribution in [0, 0.1) is 12.8 Å². The Balaban J connectivity index is 1.84. The highest BCUT2D eigenvalue weighted by Crippen LogP contribution is 2.32. The summed E-state index contributed by atoms with van der Waals surface area (Å²) in [6.45, 7) is 4.91. The van der Waals surface area contributed by atoms with Crippen LogP contribution in [0.15, 0.2) is 24.3 Å². The second kappa shape index (κ2) is 4.98. The highest BCUT2D eigenvalue weighted by molar-refractivity contribution is 5.24. The van der Waals surface area contributed by atoms with Crippen molar-refractivity contribution in [2.75, 3.05) is 6.54 Å². The minimum atomic E-state index is -0.388. The average molecular weight is 219 g/mol. The van der Waals surface area contributed by atoms with Crippen molar-refractivity contribution in [3.8, 4) is 0 Å². The van der Waals surface area contributed by atoms with E-state index in [1.54, 1.807) is 0 Å². The van der Waals surface area contributed by atoms with Gasteiger partial charge in [0.1, 0.15) is 0 Å². The van der Waals surface area contributed by atoms with Gasteiger partial charge >= 0.3 is 0 Å². The van der Waals surface area contributed by atoms with E-state index >= 15 is 0 Å². The number of rotatable bonds is 5. The predicted molar refractivity (Wildman–Crippen MR) is 66.3 cm³/mol. The van der Waals surface area contributed by atoms with Crippen molar-refractivity contribution in [1.82, 2.24) is 5.32 Å². The number of aryl methyl sites for hydroxylation is 1. The molecule has 2 unspecified atom stereocenters. The Hall–Kier alpha value is -0.860. The lowest BCUT2D eigenvalue weighted by Gasteiger charge is -2.17. The topological polar surface area (TPSA) is 32.3 Å². The van der Waals surface area contributed by atoms with Crippen LogP contribution in [0.25, 0.3) is 0 Å². The second-order valence-electron chi connectivity index (χ2n) is 4.96. The molecule has 2 rings (SSSR count). The average Bonchev–Trinajstić information content (AvgIpc) is 3.09. The number of aliphatic hydroxyl groups is 1. The maximum atomic E-state index is 10.0. The highest BCUT2D eigenvalue weighted by Gasteiger charge is 2.27. The second-order valence-corrected chi connectivity index (χ2v) is 4.96. The largest absolute Gasteiger partial charge is 0.387 e. The number of hydrogen-bond donors (Lipinski definition) is 2. The smallest absolute Gasteiger partial charge is 0.0914 e. The van der Waals surface area contributed by atoms with Crippen LogP contribution in [0.2, 0.25) is 0 Å². The molecule has 2 N–H and O–H groups in total. The van der Waals surface area contributed by atoms with Crippen LogP contribution >= 0.6 is 0 Å². The Bertz CT molecular complexity index is 346. The molecule has 0 aliphatic heterocycles. The zero-order valence-corrected chi connectivity index (χ0v) is 10.1. The van der Waals surface area contributed by atoms with E-state index in [-0.39, 0.29) is 6.10 Å². The molecule has 2 heteroatoms. The van der Waals surface area contributed by atoms with Gasteiger partial charge < -0.3 is 10.4 Å². The molecule has 1 aliphatic carbocycles. The third-order valence-electron chi connectivity index (χ3n) is 3.39. The minimum absolute atomic E-state index is 0.388. The molecule has 1 aliphatic rings. The normalized spacial score (nSPS) is 19.4. The lowest BCUT2D eigenvalue weighted by atomic mass is 10.1. The van der Waals surface area contributed by atoms with E-state index < -0.39 is 0 Å². The van der Waals surface area contributed by atoms with Crippen LogP contribution in [-0.4, -0.2) is 17.7 Å². The third-order valence-corrected chi connectivity index (χ3v) is 3.39. The van der Waals surface area contributed by atoms with E-state index in [1.165, 1.54) is 18.4 Å². The van der Waals surface area contributed by atoms with Crippen molar-refractivity contribution in [3.63, 3.8) is 0 Å². The molecule has 1 fully saturated rings. The van der Waals surface area contributed by atoms with Crippen LogP contribution in [0.4, 0.5) is 0 Å². The summed E-state index contributed by atoms with van der Waals surface area (Å²) in [4.78, 5) is 0. The number of aliphatic hydroxyl groups excluding tert-OH is 1. The monoisotopic (exact) mass is 219 g/mol. The van der Waals surface area contributed by atoms with Gasteiger partial charge in [-0.2, -0.15) is 0 Å². The molecule has 0 aromatic heterocycles. The molecule has 88 valence electrons. The first-order valence-electron chi connectivity index (χ1n) is 6.15. The van der Waals surface area contributed by atoms with E-state index in [0.29, 0.717) is 12.6 Å². The molecule has 16 heavy (non-hydrogen) atoms. The van der Waals surface area contributed by atoms with E-state index in [2.05, 4.69) is 25.2 Å². The lowest BCUT2D eigenvalue weighted by Crippen LogP contribution is -2.31. The first kappa shape index (κ1) is 11.6. The van der Waals surface area contributed by atoms with Gasteiger partial charge in [0.15, 0.2) is 0 Å². The predicted octanol–water partition coefficient (Wildman–Crippen LogP) is 2.42. The Kier molecular flexibility index (Phi) is 3.62. The van der Waals surface area contributed by atoms with Gasteiger partial charge in [-0.15, -0.1) is 0 Å². The van der Waals surface area contributed by atoms with Crippen molar-refractivity contribution < 1.29 is 5.11 Å². The fourth-order valence-corrected chi connectivity index (χ4v) is 2.06. The standard InChI is InChI=1S/C14H21NO/c1-10-4-3-5-13(8-10)14(16)9-15-11(2)12-6-7-12/h3-5,8,11-12,14-16H,6-7,9H2,1-2H3. The van der Waals surface area contributed by atoms with Gasteiger partial charge in [0, 0.05) is 12.6 Å². The van der Waals surface area contributed by atoms with Crippen molar-refractivity contribution in [1.29, 1.82) is 0 Å². The molecule has 0 saturated heterocycles. The van der Waals surface area contributed by atoms with E-state index in [1.807, 2.05) is 18.2 Å². The maximum Gasteiger partial charge on any atom is 0.0914 e. The van der Waals surface area contributed by atoms with Crippen LogP contribution < -0.4 is 5.32 Å². The molecule has 0 radical (unpaired) electrons. The fourth-order valence-electron chi connectivity index (χ4n) is 2.06. The van der Waals surface area contributed by atoms with E-state index in [0.717, 1.165) is 11.5 Å². The summed E-state index contributed by atoms with van der Waals surface area (Å²) in [5, 5.41) is 13.4. The minimum Gasteiger partial charge on any atom is -0.387 e. The summed E-state index contributed by atoms with van der Waals surface area (Å²) in [6, 6.07) is 8.63. The molecular formula is C14H21NO. The molecule has 0 bridgehead atoms. The van der Waals surface area contributed by atoms with Crippen molar-refractivity contribution in [2.24, 2.45) is 5.92 Å². The molecule has 2 nitrogen and oxygen atoms in total. The van der Waals surface area contributed by atoms with Crippen molar-refractivity contribution in [3.05, 3.63) is 35.4 Å². The SMILES string of the molecule is Cc1cccc(C(O)CNC(C)C2CC2)c1. The van der Waals surface area contributed by atoms with Gasteiger partial charge in [-0.1, -0.05) is 29.8 Å². The number of hydrogen-bond acceptors (Lipinski definition) is 2. The van der Waals surface area contributed by atoms with Crippen LogP contribution in [0.3, 0.4) is 0 Å². The van der Waals surface area contributed by atoms with E-state index in [9.17, 15) is 5.11 Å². The third kappa shape index (κ3) is 3.06. The first-order chi connectivity index (χ1) is 7.66. The Morgan fingerprint density at radius 3 is 2.81 bits per heavy atom. The van der Waals surface area contributed by atoms with Gasteiger partial charge in [-0.3, -0.25) is 0 Å². The Morgan fingerprint density at radius 1 is 1.44 bits per heavy atom. The van der Waals surface area contributed by atoms with Crippen LogP contribution in [-0.2, 0) is 0 Å². The zero-order valence-electron chi connectivity index (χ0n) is 10.1. The molecule has 0 heterocycles. The van der Waals surface area contributed by atoms with Gasteiger partial charge in [0.2, 0.25) is 0 Å². The summed E-state index contributed by atoms with van der Waals surface area (Å²) in [6.07, 6.45) is 2.30. The summed E-state index contributed by atoms with van der Waals surface area (Å²) in [5.41, 5.74) is 2.21. The van der Waals surface area contributed by atoms with Gasteiger partial charge in [-0.05, 0) is 38.2 Å². The summed E-state index contributed by atoms with van der Waals surface area (Å²) < 4.78 is 0. The van der Waals surface area contributed by atoms with E-state index in [4.69, 9.17) is 0 Å². The van der Waals surface area contributed by atoms with Crippen molar-refractivity contribution >= 4 is 0 Å².